The average Bonchev–Trinajstić information content (AvgIpc) is 3.52. The van der Waals surface area contributed by atoms with Gasteiger partial charge in [-0.05, 0) is 36.6 Å². The molecule has 3 aliphatic rings. The average molecular weight is 451 g/mol. The molecule has 2 aromatic heterocycles. The summed E-state index contributed by atoms with van der Waals surface area (Å²) in [5, 5.41) is 7.79. The highest BCUT2D eigenvalue weighted by molar-refractivity contribution is 6.30. The van der Waals surface area contributed by atoms with Gasteiger partial charge in [-0.25, -0.2) is 9.97 Å². The second-order valence-electron chi connectivity index (χ2n) is 7.89. The number of H-pyrrole nitrogens is 1. The van der Waals surface area contributed by atoms with E-state index in [1.54, 1.807) is 23.3 Å². The van der Waals surface area contributed by atoms with Crippen molar-refractivity contribution in [2.24, 2.45) is 0 Å². The topological polar surface area (TPSA) is 118 Å². The minimum absolute atomic E-state index is 0.193. The molecule has 5 rings (SSSR count). The molecule has 0 aliphatic carbocycles. The molecule has 1 fully saturated rings. The molecule has 5 heterocycles. The number of carbonyl (C=O) groups is 1. The molecule has 164 valence electrons. The number of nitrogens with two attached hydrogens (primary N) is 1. The highest BCUT2D eigenvalue weighted by Crippen LogP contribution is 2.26. The second kappa shape index (κ2) is 8.51. The number of amides is 1. The first-order valence-corrected chi connectivity index (χ1v) is 10.9. The van der Waals surface area contributed by atoms with Crippen molar-refractivity contribution >= 4 is 29.1 Å². The molecule has 0 atom stereocenters. The fourth-order valence-corrected chi connectivity index (χ4v) is 4.16. The van der Waals surface area contributed by atoms with E-state index in [0.717, 1.165) is 41.4 Å². The van der Waals surface area contributed by atoms with Crippen LogP contribution in [0, 0.1) is 0 Å². The first-order chi connectivity index (χ1) is 15.6. The fourth-order valence-electron chi connectivity index (χ4n) is 4.00. The summed E-state index contributed by atoms with van der Waals surface area (Å²) in [6.07, 6.45) is 9.26. The van der Waals surface area contributed by atoms with E-state index in [1.807, 2.05) is 18.3 Å². The maximum Gasteiger partial charge on any atom is 0.256 e. The monoisotopic (exact) mass is 450 g/mol. The van der Waals surface area contributed by atoms with Crippen molar-refractivity contribution in [3.8, 4) is 11.4 Å². The minimum Gasteiger partial charge on any atom is -0.382 e. The minimum atomic E-state index is -0.290. The molecule has 9 nitrogen and oxygen atoms in total. The summed E-state index contributed by atoms with van der Waals surface area (Å²) in [4.78, 5) is 26.8. The van der Waals surface area contributed by atoms with E-state index in [2.05, 4.69) is 36.3 Å². The summed E-state index contributed by atoms with van der Waals surface area (Å²) in [7, 11) is 0. The smallest absolute Gasteiger partial charge is 0.256 e. The molecule has 0 radical (unpaired) electrons. The molecule has 10 heteroatoms. The van der Waals surface area contributed by atoms with Crippen molar-refractivity contribution in [2.45, 2.75) is 25.9 Å². The number of halogens is 1. The number of anilines is 2. The summed E-state index contributed by atoms with van der Waals surface area (Å²) in [6.45, 7) is 2.88. The Morgan fingerprint density at radius 3 is 2.94 bits per heavy atom. The molecule has 0 unspecified atom stereocenters. The van der Waals surface area contributed by atoms with Gasteiger partial charge in [0.15, 0.2) is 5.82 Å². The maximum atomic E-state index is 12.7. The van der Waals surface area contributed by atoms with Gasteiger partial charge in [-0.15, -0.1) is 0 Å². The molecule has 0 spiro atoms. The third-order valence-electron chi connectivity index (χ3n) is 5.64. The fraction of sp³-hybridized carbons (Fsp3) is 0.273. The number of aromatic nitrogens is 5. The third-order valence-corrected chi connectivity index (χ3v) is 5.86. The van der Waals surface area contributed by atoms with E-state index in [1.165, 1.54) is 12.8 Å². The van der Waals surface area contributed by atoms with Crippen molar-refractivity contribution in [2.75, 3.05) is 23.7 Å². The molecule has 3 aliphatic heterocycles. The van der Waals surface area contributed by atoms with Crippen LogP contribution in [0.1, 0.15) is 34.3 Å². The van der Waals surface area contributed by atoms with Crippen LogP contribution in [0.5, 0.6) is 0 Å². The number of aromatic amines is 1. The van der Waals surface area contributed by atoms with Gasteiger partial charge < -0.3 is 20.9 Å². The maximum absolute atomic E-state index is 12.7. The van der Waals surface area contributed by atoms with E-state index >= 15 is 0 Å². The Hall–Kier alpha value is -3.59. The highest BCUT2D eigenvalue weighted by atomic mass is 35.5. The summed E-state index contributed by atoms with van der Waals surface area (Å²) in [5.41, 5.74) is 9.16. The Morgan fingerprint density at radius 1 is 1.25 bits per heavy atom. The van der Waals surface area contributed by atoms with Crippen LogP contribution >= 0.6 is 11.6 Å². The van der Waals surface area contributed by atoms with E-state index in [0.29, 0.717) is 23.7 Å². The van der Waals surface area contributed by atoms with Crippen molar-refractivity contribution < 1.29 is 4.79 Å². The van der Waals surface area contributed by atoms with Crippen LogP contribution in [0.15, 0.2) is 43.0 Å². The van der Waals surface area contributed by atoms with Gasteiger partial charge in [0.2, 0.25) is 0 Å². The van der Waals surface area contributed by atoms with Gasteiger partial charge in [0.1, 0.15) is 17.2 Å². The molecule has 0 aromatic carbocycles. The number of nitrogens with zero attached hydrogens (tertiary/aromatic N) is 5. The van der Waals surface area contributed by atoms with E-state index < -0.39 is 0 Å². The van der Waals surface area contributed by atoms with Gasteiger partial charge in [0.25, 0.3) is 5.91 Å². The normalized spacial score (nSPS) is 13.7. The molecule has 1 amide bonds. The summed E-state index contributed by atoms with van der Waals surface area (Å²) in [6, 6.07) is 5.84. The van der Waals surface area contributed by atoms with Gasteiger partial charge in [-0.3, -0.25) is 9.48 Å². The third kappa shape index (κ3) is 4.11. The predicted octanol–water partition coefficient (Wildman–Crippen LogP) is 2.92. The molecule has 2 aromatic rings. The zero-order valence-electron chi connectivity index (χ0n) is 17.4. The van der Waals surface area contributed by atoms with Gasteiger partial charge in [0.05, 0.1) is 11.6 Å². The van der Waals surface area contributed by atoms with Crippen molar-refractivity contribution in [1.82, 2.24) is 30.0 Å². The first kappa shape index (κ1) is 20.3. The number of rotatable bonds is 6. The Morgan fingerprint density at radius 2 is 2.09 bits per heavy atom. The molecule has 0 saturated carbocycles. The van der Waals surface area contributed by atoms with E-state index in [4.69, 9.17) is 17.3 Å². The lowest BCUT2D eigenvalue weighted by Crippen LogP contribution is -2.23. The molecule has 1 saturated heterocycles. The van der Waals surface area contributed by atoms with Crippen LogP contribution in [0.25, 0.3) is 11.4 Å². The molecule has 32 heavy (non-hydrogen) atoms. The lowest BCUT2D eigenvalue weighted by atomic mass is 10.1. The van der Waals surface area contributed by atoms with Crippen molar-refractivity contribution in [1.29, 1.82) is 0 Å². The van der Waals surface area contributed by atoms with Crippen molar-refractivity contribution in [3.63, 3.8) is 0 Å². The Kier molecular flexibility index (Phi) is 5.40. The van der Waals surface area contributed by atoms with Gasteiger partial charge in [0, 0.05) is 55.5 Å². The quantitative estimate of drug-likeness (QED) is 0.415. The van der Waals surface area contributed by atoms with Crippen LogP contribution in [0.4, 0.5) is 11.6 Å². The predicted molar refractivity (Wildman–Crippen MR) is 123 cm³/mol. The Bertz CT molecular complexity index is 1230. The van der Waals surface area contributed by atoms with E-state index in [9.17, 15) is 4.79 Å². The van der Waals surface area contributed by atoms with E-state index in [-0.39, 0.29) is 11.7 Å². The van der Waals surface area contributed by atoms with Crippen LogP contribution in [-0.4, -0.2) is 43.7 Å². The largest absolute Gasteiger partial charge is 0.382 e. The number of carbonyl (C=O) groups excluding carboxylic acids is 1. The number of hydrogen-bond acceptors (Lipinski definition) is 6. The van der Waals surface area contributed by atoms with Gasteiger partial charge in [-0.2, -0.15) is 5.10 Å². The van der Waals surface area contributed by atoms with Crippen LogP contribution in [-0.2, 0) is 13.1 Å². The van der Waals surface area contributed by atoms with Gasteiger partial charge in [-0.1, -0.05) is 11.6 Å². The zero-order valence-corrected chi connectivity index (χ0v) is 18.1. The molecule has 0 bridgehead atoms. The number of pyridine rings is 2. The summed E-state index contributed by atoms with van der Waals surface area (Å²) in [5.74, 6) is 1.60. The second-order valence-corrected chi connectivity index (χ2v) is 8.32. The lowest BCUT2D eigenvalue weighted by Gasteiger charge is -2.16. The van der Waals surface area contributed by atoms with Crippen molar-refractivity contribution in [3.05, 3.63) is 64.7 Å². The Balaban J connectivity index is 1.26. The highest BCUT2D eigenvalue weighted by Gasteiger charge is 2.18. The molecule has 4 N–H and O–H groups in total. The van der Waals surface area contributed by atoms with Gasteiger partial charge >= 0.3 is 0 Å². The van der Waals surface area contributed by atoms with Crippen LogP contribution in [0.3, 0.4) is 0 Å². The molecular weight excluding hydrogens is 428 g/mol. The number of nitrogens with one attached hydrogen (secondary N) is 2. The SMILES string of the molecule is Nc1nn(Cc2ccnc(N3CCCC3)c2)cc1C(=O)NCc1cnc2[nH]cc(Cl)cc1-2. The first-order valence-electron chi connectivity index (χ1n) is 10.5. The number of fused-ring (bicyclic) bond motifs is 1. The molecular formula is C22H23ClN8O. The summed E-state index contributed by atoms with van der Waals surface area (Å²) < 4.78 is 1.68. The summed E-state index contributed by atoms with van der Waals surface area (Å²) >= 11 is 6.06. The Labute approximate surface area is 190 Å². The van der Waals surface area contributed by atoms with Crippen LogP contribution < -0.4 is 16.0 Å². The number of hydrogen-bond donors (Lipinski definition) is 3. The number of nitrogen functional groups attached to an aromatic ring is 1. The lowest BCUT2D eigenvalue weighted by molar-refractivity contribution is 0.0951. The standard InChI is InChI=1S/C22H23ClN8O/c23-16-8-17-15(9-26-21(17)27-11-16)10-28-22(32)18-13-31(29-20(18)24)12-14-3-4-25-19(7-14)30-5-1-2-6-30/h3-4,7-9,11,13H,1-2,5-6,10,12H2,(H2,24,29)(H,26,27)(H,28,32). The van der Waals surface area contributed by atoms with Crippen LogP contribution in [0.2, 0.25) is 5.02 Å². The zero-order chi connectivity index (χ0) is 22.1.